The minimum absolute atomic E-state index is 0. The molecule has 0 aliphatic carbocycles. The van der Waals surface area contributed by atoms with Crippen molar-refractivity contribution in [2.24, 2.45) is 4.99 Å². The summed E-state index contributed by atoms with van der Waals surface area (Å²) >= 11 is 0. The Labute approximate surface area is 197 Å². The molecule has 0 spiro atoms. The van der Waals surface area contributed by atoms with Crippen molar-refractivity contribution >= 4 is 29.9 Å². The van der Waals surface area contributed by atoms with Gasteiger partial charge in [-0.25, -0.2) is 0 Å². The number of nitrogens with zero attached hydrogens (tertiary/aromatic N) is 3. The lowest BCUT2D eigenvalue weighted by molar-refractivity contribution is 0.353. The number of guanidine groups is 1. The number of ether oxygens (including phenoxy) is 2. The van der Waals surface area contributed by atoms with Gasteiger partial charge in [0.1, 0.15) is 5.76 Å². The summed E-state index contributed by atoms with van der Waals surface area (Å²) < 4.78 is 16.2. The Balaban J connectivity index is 0.00000450. The highest BCUT2D eigenvalue weighted by molar-refractivity contribution is 14.0. The van der Waals surface area contributed by atoms with Crippen LogP contribution in [0.15, 0.2) is 21.6 Å². The van der Waals surface area contributed by atoms with Crippen LogP contribution in [0.3, 0.4) is 0 Å². The smallest absolute Gasteiger partial charge is 0.193 e. The zero-order valence-electron chi connectivity index (χ0n) is 19.3. The van der Waals surface area contributed by atoms with E-state index in [2.05, 4.69) is 36.1 Å². The van der Waals surface area contributed by atoms with Gasteiger partial charge in [-0.05, 0) is 51.0 Å². The summed E-state index contributed by atoms with van der Waals surface area (Å²) in [6.45, 7) is 12.4. The second kappa shape index (κ2) is 12.0. The second-order valence-electron chi connectivity index (χ2n) is 7.32. The highest BCUT2D eigenvalue weighted by atomic mass is 127. The largest absolute Gasteiger partial charge is 0.493 e. The molecular formula is C22H35IN4O3. The van der Waals surface area contributed by atoms with Gasteiger partial charge < -0.3 is 24.2 Å². The lowest BCUT2D eigenvalue weighted by atomic mass is 10.00. The van der Waals surface area contributed by atoms with Crippen LogP contribution in [0, 0.1) is 20.8 Å². The number of halogens is 1. The molecule has 0 saturated heterocycles. The Morgan fingerprint density at radius 1 is 1.20 bits per heavy atom. The van der Waals surface area contributed by atoms with Crippen molar-refractivity contribution in [3.05, 3.63) is 40.3 Å². The number of methoxy groups -OCH3 is 2. The van der Waals surface area contributed by atoms with Crippen LogP contribution in [-0.2, 0) is 6.54 Å². The van der Waals surface area contributed by atoms with Crippen LogP contribution < -0.4 is 14.8 Å². The lowest BCUT2D eigenvalue weighted by Gasteiger charge is -2.24. The van der Waals surface area contributed by atoms with E-state index in [0.29, 0.717) is 13.1 Å². The van der Waals surface area contributed by atoms with Gasteiger partial charge in [-0.3, -0.25) is 4.99 Å². The van der Waals surface area contributed by atoms with Crippen molar-refractivity contribution in [1.29, 1.82) is 0 Å². The summed E-state index contributed by atoms with van der Waals surface area (Å²) in [5.74, 6) is 3.43. The van der Waals surface area contributed by atoms with Crippen molar-refractivity contribution in [3.63, 3.8) is 0 Å². The number of hydrogen-bond donors (Lipinski definition) is 1. The molecule has 168 valence electrons. The fourth-order valence-electron chi connectivity index (χ4n) is 3.50. The summed E-state index contributed by atoms with van der Waals surface area (Å²) in [5.41, 5.74) is 4.39. The van der Waals surface area contributed by atoms with Crippen LogP contribution in [0.4, 0.5) is 0 Å². The Hall–Kier alpha value is -1.97. The van der Waals surface area contributed by atoms with Gasteiger partial charge in [0.05, 0.1) is 19.9 Å². The van der Waals surface area contributed by atoms with Crippen LogP contribution in [0.25, 0.3) is 0 Å². The van der Waals surface area contributed by atoms with Crippen molar-refractivity contribution in [3.8, 4) is 11.5 Å². The van der Waals surface area contributed by atoms with Crippen molar-refractivity contribution in [1.82, 2.24) is 15.4 Å². The zero-order valence-corrected chi connectivity index (χ0v) is 21.7. The highest BCUT2D eigenvalue weighted by Gasteiger charge is 2.17. The summed E-state index contributed by atoms with van der Waals surface area (Å²) in [5, 5.41) is 7.44. The van der Waals surface area contributed by atoms with Crippen LogP contribution >= 0.6 is 24.0 Å². The highest BCUT2D eigenvalue weighted by Crippen LogP contribution is 2.30. The van der Waals surface area contributed by atoms with E-state index in [0.717, 1.165) is 52.1 Å². The quantitative estimate of drug-likeness (QED) is 0.309. The van der Waals surface area contributed by atoms with E-state index in [1.54, 1.807) is 14.2 Å². The van der Waals surface area contributed by atoms with E-state index >= 15 is 0 Å². The molecule has 1 heterocycles. The second-order valence-corrected chi connectivity index (χ2v) is 7.32. The normalized spacial score (nSPS) is 12.2. The molecule has 0 saturated carbocycles. The summed E-state index contributed by atoms with van der Waals surface area (Å²) in [7, 11) is 5.35. The average molecular weight is 530 g/mol. The molecule has 1 unspecified atom stereocenters. The van der Waals surface area contributed by atoms with Crippen LogP contribution in [0.5, 0.6) is 11.5 Å². The summed E-state index contributed by atoms with van der Waals surface area (Å²) in [6, 6.07) is 4.03. The minimum atomic E-state index is 0. The van der Waals surface area contributed by atoms with Gasteiger partial charge in [0, 0.05) is 38.2 Å². The Kier molecular flexibility index (Phi) is 10.4. The number of aromatic nitrogens is 1. The van der Waals surface area contributed by atoms with E-state index < -0.39 is 0 Å². The molecule has 1 aromatic carbocycles. The average Bonchev–Trinajstić information content (AvgIpc) is 3.04. The molecule has 0 amide bonds. The third-order valence-electron chi connectivity index (χ3n) is 5.04. The Morgan fingerprint density at radius 2 is 1.83 bits per heavy atom. The summed E-state index contributed by atoms with van der Waals surface area (Å²) in [6.07, 6.45) is 0. The maximum Gasteiger partial charge on any atom is 0.193 e. The predicted molar refractivity (Wildman–Crippen MR) is 132 cm³/mol. The number of hydrogen-bond acceptors (Lipinski definition) is 5. The molecule has 8 heteroatoms. The number of aryl methyl sites for hydroxylation is 3. The summed E-state index contributed by atoms with van der Waals surface area (Å²) in [4.78, 5) is 6.98. The SMILES string of the molecule is CCNC(=NCC(C)c1c(C)noc1C)N(C)Cc1cc(OC)c(OC)cc1C.I. The molecule has 1 atom stereocenters. The van der Waals surface area contributed by atoms with Crippen LogP contribution in [0.1, 0.15) is 47.9 Å². The van der Waals surface area contributed by atoms with E-state index in [9.17, 15) is 0 Å². The molecule has 0 fully saturated rings. The van der Waals surface area contributed by atoms with E-state index in [-0.39, 0.29) is 29.9 Å². The molecule has 1 N–H and O–H groups in total. The molecular weight excluding hydrogens is 495 g/mol. The lowest BCUT2D eigenvalue weighted by Crippen LogP contribution is -2.38. The van der Waals surface area contributed by atoms with E-state index in [4.69, 9.17) is 19.0 Å². The molecule has 1 aromatic heterocycles. The molecule has 2 rings (SSSR count). The number of nitrogens with one attached hydrogen (secondary N) is 1. The monoisotopic (exact) mass is 530 g/mol. The zero-order chi connectivity index (χ0) is 21.6. The van der Waals surface area contributed by atoms with Gasteiger partial charge in [-0.1, -0.05) is 12.1 Å². The van der Waals surface area contributed by atoms with Gasteiger partial charge in [0.25, 0.3) is 0 Å². The molecule has 0 bridgehead atoms. The first-order chi connectivity index (χ1) is 13.8. The fourth-order valence-corrected chi connectivity index (χ4v) is 3.50. The number of benzene rings is 1. The molecule has 0 radical (unpaired) electrons. The Bertz CT molecular complexity index is 832. The third kappa shape index (κ3) is 6.26. The standard InChI is InChI=1S/C22H34N4O3.HI/c1-9-23-22(24-12-15(3)21-16(4)25-29-17(21)5)26(6)13-18-11-20(28-8)19(27-7)10-14(18)2;/h10-11,15H,9,12-13H2,1-8H3,(H,23,24);1H. The van der Waals surface area contributed by atoms with Crippen molar-refractivity contribution < 1.29 is 14.0 Å². The number of rotatable bonds is 8. The fraction of sp³-hybridized carbons (Fsp3) is 0.545. The topological polar surface area (TPSA) is 72.1 Å². The molecule has 0 aliphatic heterocycles. The van der Waals surface area contributed by atoms with E-state index in [1.165, 1.54) is 0 Å². The van der Waals surface area contributed by atoms with E-state index in [1.807, 2.05) is 33.0 Å². The van der Waals surface area contributed by atoms with Gasteiger partial charge in [0.2, 0.25) is 0 Å². The first-order valence-electron chi connectivity index (χ1n) is 9.96. The Morgan fingerprint density at radius 3 is 2.37 bits per heavy atom. The van der Waals surface area contributed by atoms with Gasteiger partial charge in [0.15, 0.2) is 17.5 Å². The van der Waals surface area contributed by atoms with Crippen LogP contribution in [0.2, 0.25) is 0 Å². The van der Waals surface area contributed by atoms with Gasteiger partial charge in [-0.15, -0.1) is 24.0 Å². The molecule has 2 aromatic rings. The predicted octanol–water partition coefficient (Wildman–Crippen LogP) is 4.44. The van der Waals surface area contributed by atoms with Gasteiger partial charge >= 0.3 is 0 Å². The molecule has 7 nitrogen and oxygen atoms in total. The maximum atomic E-state index is 5.46. The first kappa shape index (κ1) is 26.1. The number of aliphatic imine (C=N–C) groups is 1. The van der Waals surface area contributed by atoms with Crippen LogP contribution in [-0.4, -0.2) is 50.4 Å². The first-order valence-corrected chi connectivity index (χ1v) is 9.96. The maximum absolute atomic E-state index is 5.46. The van der Waals surface area contributed by atoms with Crippen molar-refractivity contribution in [2.45, 2.75) is 47.1 Å². The third-order valence-corrected chi connectivity index (χ3v) is 5.04. The minimum Gasteiger partial charge on any atom is -0.493 e. The molecule has 0 aliphatic rings. The van der Waals surface area contributed by atoms with Crippen molar-refractivity contribution in [2.75, 3.05) is 34.4 Å². The van der Waals surface area contributed by atoms with Gasteiger partial charge in [-0.2, -0.15) is 0 Å². The molecule has 30 heavy (non-hydrogen) atoms.